The maximum absolute atomic E-state index is 9.71. The van der Waals surface area contributed by atoms with Crippen molar-refractivity contribution >= 4 is 15.8 Å². The molecule has 0 spiro atoms. The van der Waals surface area contributed by atoms with Gasteiger partial charge in [-0.1, -0.05) is 9.39 Å². The van der Waals surface area contributed by atoms with Crippen molar-refractivity contribution < 1.29 is 9.63 Å². The summed E-state index contributed by atoms with van der Waals surface area (Å²) in [6.45, 7) is 2.68. The number of hydrogen-bond acceptors (Lipinski definition) is 3. The highest BCUT2D eigenvalue weighted by atomic mass is 31.0. The molecule has 0 radical (unpaired) electrons. The third kappa shape index (κ3) is 2.21. The minimum Gasteiger partial charge on any atom is -0.287 e. The molecular formula is C5H11N2O2P. The Balaban J connectivity index is 1.90. The molecule has 0 aromatic heterocycles. The molecule has 0 aliphatic carbocycles. The van der Waals surface area contributed by atoms with Crippen LogP contribution in [0.1, 0.15) is 0 Å². The minimum atomic E-state index is 0.539. The fraction of sp³-hybridized carbons (Fsp3) is 0.800. The summed E-state index contributed by atoms with van der Waals surface area (Å²) in [5, 5.41) is 0. The number of hydroxylamine groups is 1. The van der Waals surface area contributed by atoms with Crippen molar-refractivity contribution in [3.05, 3.63) is 0 Å². The second-order valence-electron chi connectivity index (χ2n) is 2.37. The Morgan fingerprint density at radius 3 is 3.00 bits per heavy atom. The van der Waals surface area contributed by atoms with Crippen LogP contribution in [-0.2, 0) is 9.63 Å². The Labute approximate surface area is 62.1 Å². The van der Waals surface area contributed by atoms with Gasteiger partial charge in [0, 0.05) is 19.0 Å². The van der Waals surface area contributed by atoms with Gasteiger partial charge in [-0.05, 0) is 0 Å². The topological polar surface area (TPSA) is 41.6 Å². The lowest BCUT2D eigenvalue weighted by molar-refractivity contribution is -0.122. The molecule has 58 valence electrons. The minimum absolute atomic E-state index is 0.539. The number of nitrogens with one attached hydrogen (secondary N) is 1. The maximum Gasteiger partial charge on any atom is 0.230 e. The number of carbonyl (C=O) groups excluding carboxylic acids is 1. The molecule has 1 N–H and O–H groups in total. The van der Waals surface area contributed by atoms with Crippen LogP contribution in [0.25, 0.3) is 0 Å². The van der Waals surface area contributed by atoms with Gasteiger partial charge >= 0.3 is 0 Å². The quantitative estimate of drug-likeness (QED) is 0.259. The first-order chi connectivity index (χ1) is 4.83. The van der Waals surface area contributed by atoms with Crippen LogP contribution in [0, 0.1) is 5.92 Å². The van der Waals surface area contributed by atoms with E-state index in [1.807, 2.05) is 0 Å². The van der Waals surface area contributed by atoms with Gasteiger partial charge in [0.2, 0.25) is 6.41 Å². The van der Waals surface area contributed by atoms with Crippen molar-refractivity contribution in [3.63, 3.8) is 0 Å². The first-order valence-corrected chi connectivity index (χ1v) is 3.65. The van der Waals surface area contributed by atoms with Gasteiger partial charge in [-0.2, -0.15) is 0 Å². The van der Waals surface area contributed by atoms with Gasteiger partial charge < -0.3 is 0 Å². The van der Waals surface area contributed by atoms with E-state index in [0.29, 0.717) is 18.9 Å². The maximum atomic E-state index is 9.71. The molecule has 4 nitrogen and oxygen atoms in total. The molecule has 10 heavy (non-hydrogen) atoms. The summed E-state index contributed by atoms with van der Waals surface area (Å²) in [5.74, 6) is 0.574. The lowest BCUT2D eigenvalue weighted by Gasteiger charge is -2.34. The van der Waals surface area contributed by atoms with Crippen molar-refractivity contribution in [1.29, 1.82) is 0 Å². The van der Waals surface area contributed by atoms with E-state index in [9.17, 15) is 4.79 Å². The van der Waals surface area contributed by atoms with Crippen LogP contribution in [0.2, 0.25) is 0 Å². The van der Waals surface area contributed by atoms with E-state index in [0.717, 1.165) is 13.1 Å². The van der Waals surface area contributed by atoms with Crippen molar-refractivity contribution in [3.8, 4) is 0 Å². The molecule has 0 aromatic carbocycles. The van der Waals surface area contributed by atoms with Crippen LogP contribution in [-0.4, -0.2) is 30.8 Å². The fourth-order valence-corrected chi connectivity index (χ4v) is 1.51. The van der Waals surface area contributed by atoms with E-state index >= 15 is 0 Å². The zero-order chi connectivity index (χ0) is 7.40. The second-order valence-corrected chi connectivity index (χ2v) is 3.10. The van der Waals surface area contributed by atoms with Crippen molar-refractivity contribution in [2.75, 3.05) is 19.7 Å². The number of nitrogens with zero attached hydrogens (tertiary/aromatic N) is 1. The molecule has 0 aromatic rings. The van der Waals surface area contributed by atoms with Gasteiger partial charge in [-0.25, -0.2) is 5.48 Å². The van der Waals surface area contributed by atoms with E-state index in [1.165, 1.54) is 0 Å². The Hall–Kier alpha value is -0.180. The summed E-state index contributed by atoms with van der Waals surface area (Å²) in [6.07, 6.45) is 0.539. The van der Waals surface area contributed by atoms with Crippen LogP contribution in [0.15, 0.2) is 0 Å². The Bertz CT molecular complexity index is 116. The summed E-state index contributed by atoms with van der Waals surface area (Å²) in [7, 11) is 2.61. The van der Waals surface area contributed by atoms with Crippen LogP contribution in [0.3, 0.4) is 0 Å². The summed E-state index contributed by atoms with van der Waals surface area (Å²) in [6, 6.07) is 0. The molecule has 1 aliphatic heterocycles. The summed E-state index contributed by atoms with van der Waals surface area (Å²) >= 11 is 0. The van der Waals surface area contributed by atoms with Gasteiger partial charge in [-0.3, -0.25) is 14.3 Å². The molecule has 1 heterocycles. The third-order valence-corrected chi connectivity index (χ3v) is 1.86. The number of hydrogen-bond donors (Lipinski definition) is 1. The van der Waals surface area contributed by atoms with Gasteiger partial charge in [0.05, 0.1) is 6.61 Å². The highest BCUT2D eigenvalue weighted by Gasteiger charge is 2.23. The molecule has 1 saturated heterocycles. The monoisotopic (exact) mass is 162 g/mol. The predicted octanol–water partition coefficient (Wildman–Crippen LogP) is -0.614. The molecule has 0 saturated carbocycles. The third-order valence-electron chi connectivity index (χ3n) is 1.44. The van der Waals surface area contributed by atoms with E-state index in [2.05, 4.69) is 19.5 Å². The van der Waals surface area contributed by atoms with E-state index in [-0.39, 0.29) is 0 Å². The smallest absolute Gasteiger partial charge is 0.230 e. The van der Waals surface area contributed by atoms with Crippen molar-refractivity contribution in [2.24, 2.45) is 5.92 Å². The lowest BCUT2D eigenvalue weighted by Crippen LogP contribution is -2.43. The van der Waals surface area contributed by atoms with Crippen LogP contribution in [0.4, 0.5) is 0 Å². The predicted molar refractivity (Wildman–Crippen MR) is 39.9 cm³/mol. The fourth-order valence-electron chi connectivity index (χ4n) is 0.915. The first-order valence-electron chi connectivity index (χ1n) is 3.13. The SMILES string of the molecule is O=CNOCC1CN(P)C1. The Morgan fingerprint density at radius 1 is 1.80 bits per heavy atom. The van der Waals surface area contributed by atoms with Gasteiger partial charge in [-0.15, -0.1) is 0 Å². The lowest BCUT2D eigenvalue weighted by atomic mass is 10.1. The van der Waals surface area contributed by atoms with Crippen molar-refractivity contribution in [1.82, 2.24) is 10.2 Å². The van der Waals surface area contributed by atoms with Gasteiger partial charge in [0.25, 0.3) is 0 Å². The van der Waals surface area contributed by atoms with Crippen LogP contribution < -0.4 is 5.48 Å². The summed E-state index contributed by atoms with van der Waals surface area (Å²) < 4.78 is 2.12. The zero-order valence-corrected chi connectivity index (χ0v) is 6.77. The van der Waals surface area contributed by atoms with Crippen molar-refractivity contribution in [2.45, 2.75) is 0 Å². The van der Waals surface area contributed by atoms with Crippen LogP contribution in [0.5, 0.6) is 0 Å². The van der Waals surface area contributed by atoms with Gasteiger partial charge in [0.15, 0.2) is 0 Å². The molecule has 0 bridgehead atoms. The molecule has 1 amide bonds. The molecule has 1 rings (SSSR count). The van der Waals surface area contributed by atoms with E-state index < -0.39 is 0 Å². The highest BCUT2D eigenvalue weighted by molar-refractivity contribution is 7.13. The molecular weight excluding hydrogens is 151 g/mol. The second kappa shape index (κ2) is 3.86. The Morgan fingerprint density at radius 2 is 2.50 bits per heavy atom. The number of rotatable bonds is 4. The molecule has 1 atom stereocenters. The van der Waals surface area contributed by atoms with E-state index in [1.54, 1.807) is 0 Å². The average molecular weight is 162 g/mol. The largest absolute Gasteiger partial charge is 0.287 e. The summed E-state index contributed by atoms with van der Waals surface area (Å²) in [4.78, 5) is 14.5. The standard InChI is InChI=1S/C5H11N2O2P/c8-4-6-9-3-5-1-7(10)2-5/h4-5H,1-3,10H2,(H,6,8). The first kappa shape index (κ1) is 7.92. The van der Waals surface area contributed by atoms with E-state index in [4.69, 9.17) is 4.84 Å². The molecule has 1 aliphatic rings. The summed E-state index contributed by atoms with van der Waals surface area (Å²) in [5.41, 5.74) is 2.16. The number of carbonyl (C=O) groups is 1. The zero-order valence-electron chi connectivity index (χ0n) is 5.62. The molecule has 5 heteroatoms. The Kier molecular flexibility index (Phi) is 3.06. The normalized spacial score (nSPS) is 20.1. The molecule has 1 fully saturated rings. The molecule has 1 unspecified atom stereocenters. The highest BCUT2D eigenvalue weighted by Crippen LogP contribution is 2.18. The van der Waals surface area contributed by atoms with Gasteiger partial charge in [0.1, 0.15) is 0 Å². The van der Waals surface area contributed by atoms with Crippen LogP contribution >= 0.6 is 9.39 Å². The average Bonchev–Trinajstić information content (AvgIpc) is 1.85. The number of amides is 1.